The first-order valence-electron chi connectivity index (χ1n) is 7.99. The smallest absolute Gasteiger partial charge is 0.0599 e. The molecule has 0 amide bonds. The average molecular weight is 274 g/mol. The lowest BCUT2D eigenvalue weighted by Crippen LogP contribution is -2.43. The van der Waals surface area contributed by atoms with Crippen LogP contribution in [0.1, 0.15) is 30.4 Å². The van der Waals surface area contributed by atoms with Gasteiger partial charge in [0, 0.05) is 25.7 Å². The Labute approximate surface area is 122 Å². The van der Waals surface area contributed by atoms with Gasteiger partial charge in [-0.05, 0) is 49.8 Å². The molecular weight excluding hydrogens is 248 g/mol. The number of ether oxygens (including phenoxy) is 1. The minimum absolute atomic E-state index is 0.460. The molecule has 1 aromatic rings. The summed E-state index contributed by atoms with van der Waals surface area (Å²) in [6.45, 7) is 3.94. The van der Waals surface area contributed by atoms with Gasteiger partial charge >= 0.3 is 0 Å². The summed E-state index contributed by atoms with van der Waals surface area (Å²) in [5.74, 6) is 0. The molecule has 0 radical (unpaired) electrons. The van der Waals surface area contributed by atoms with Gasteiger partial charge in [0.15, 0.2) is 0 Å². The molecule has 0 saturated carbocycles. The number of hydrogen-bond acceptors (Lipinski definition) is 3. The van der Waals surface area contributed by atoms with Crippen molar-refractivity contribution in [1.29, 1.82) is 0 Å². The van der Waals surface area contributed by atoms with Crippen LogP contribution in [-0.2, 0) is 17.6 Å². The highest BCUT2D eigenvalue weighted by Gasteiger charge is 2.29. The van der Waals surface area contributed by atoms with Gasteiger partial charge in [-0.15, -0.1) is 0 Å². The highest BCUT2D eigenvalue weighted by Crippen LogP contribution is 2.27. The number of rotatable bonds is 5. The SMILES string of the molecule is NCCCOC1CCN(C2Cc3ccccc3C2)CC1. The molecule has 1 heterocycles. The topological polar surface area (TPSA) is 38.5 Å². The summed E-state index contributed by atoms with van der Waals surface area (Å²) in [6.07, 6.45) is 6.26. The second kappa shape index (κ2) is 6.70. The summed E-state index contributed by atoms with van der Waals surface area (Å²) in [5.41, 5.74) is 8.61. The average Bonchev–Trinajstić information content (AvgIpc) is 2.92. The van der Waals surface area contributed by atoms with E-state index in [1.165, 1.54) is 38.8 Å². The lowest BCUT2D eigenvalue weighted by Gasteiger charge is -2.35. The van der Waals surface area contributed by atoms with E-state index in [9.17, 15) is 0 Å². The third kappa shape index (κ3) is 3.22. The fourth-order valence-corrected chi connectivity index (χ4v) is 3.53. The molecule has 3 heteroatoms. The van der Waals surface area contributed by atoms with Gasteiger partial charge in [-0.2, -0.15) is 0 Å². The van der Waals surface area contributed by atoms with E-state index in [1.807, 2.05) is 0 Å². The largest absolute Gasteiger partial charge is 0.378 e. The summed E-state index contributed by atoms with van der Waals surface area (Å²) >= 11 is 0. The van der Waals surface area contributed by atoms with Crippen molar-refractivity contribution in [2.24, 2.45) is 5.73 Å². The summed E-state index contributed by atoms with van der Waals surface area (Å²) in [5, 5.41) is 0. The van der Waals surface area contributed by atoms with E-state index in [2.05, 4.69) is 29.2 Å². The van der Waals surface area contributed by atoms with Crippen LogP contribution in [0.2, 0.25) is 0 Å². The van der Waals surface area contributed by atoms with Crippen LogP contribution in [0.5, 0.6) is 0 Å². The van der Waals surface area contributed by atoms with Gasteiger partial charge in [-0.25, -0.2) is 0 Å². The van der Waals surface area contributed by atoms with Gasteiger partial charge in [-0.3, -0.25) is 4.90 Å². The number of benzene rings is 1. The molecule has 2 aliphatic rings. The Kier molecular flexibility index (Phi) is 4.71. The van der Waals surface area contributed by atoms with Crippen molar-refractivity contribution in [1.82, 2.24) is 4.90 Å². The quantitative estimate of drug-likeness (QED) is 0.835. The number of nitrogens with two attached hydrogens (primary N) is 1. The first-order valence-corrected chi connectivity index (χ1v) is 7.99. The van der Waals surface area contributed by atoms with Crippen LogP contribution in [0.3, 0.4) is 0 Å². The van der Waals surface area contributed by atoms with Crippen LogP contribution in [0.15, 0.2) is 24.3 Å². The molecule has 20 heavy (non-hydrogen) atoms. The zero-order chi connectivity index (χ0) is 13.8. The van der Waals surface area contributed by atoms with Crippen molar-refractivity contribution in [3.63, 3.8) is 0 Å². The van der Waals surface area contributed by atoms with E-state index in [1.54, 1.807) is 11.1 Å². The van der Waals surface area contributed by atoms with Crippen molar-refractivity contribution in [3.05, 3.63) is 35.4 Å². The molecule has 1 aromatic carbocycles. The number of piperidine rings is 1. The third-order valence-electron chi connectivity index (χ3n) is 4.72. The van der Waals surface area contributed by atoms with Crippen LogP contribution in [0.4, 0.5) is 0 Å². The fraction of sp³-hybridized carbons (Fsp3) is 0.647. The predicted molar refractivity (Wildman–Crippen MR) is 81.9 cm³/mol. The molecule has 3 nitrogen and oxygen atoms in total. The molecule has 0 aromatic heterocycles. The summed E-state index contributed by atoms with van der Waals surface area (Å²) in [7, 11) is 0. The summed E-state index contributed by atoms with van der Waals surface area (Å²) in [6, 6.07) is 9.63. The van der Waals surface area contributed by atoms with Crippen LogP contribution in [-0.4, -0.2) is 43.3 Å². The molecule has 1 aliphatic carbocycles. The van der Waals surface area contributed by atoms with Crippen molar-refractivity contribution in [3.8, 4) is 0 Å². The molecule has 1 fully saturated rings. The fourth-order valence-electron chi connectivity index (χ4n) is 3.53. The maximum absolute atomic E-state index is 5.89. The lowest BCUT2D eigenvalue weighted by atomic mass is 10.0. The highest BCUT2D eigenvalue weighted by atomic mass is 16.5. The minimum Gasteiger partial charge on any atom is -0.378 e. The molecule has 1 aliphatic heterocycles. The first kappa shape index (κ1) is 14.1. The Balaban J connectivity index is 1.46. The number of likely N-dealkylation sites (tertiary alicyclic amines) is 1. The van der Waals surface area contributed by atoms with E-state index in [0.29, 0.717) is 6.10 Å². The standard InChI is InChI=1S/C17H26N2O/c18-8-3-11-20-17-6-9-19(10-7-17)16-12-14-4-1-2-5-15(14)13-16/h1-2,4-5,16-17H,3,6-13,18H2. The monoisotopic (exact) mass is 274 g/mol. The Morgan fingerprint density at radius 1 is 1.10 bits per heavy atom. The Morgan fingerprint density at radius 2 is 1.75 bits per heavy atom. The molecule has 1 saturated heterocycles. The van der Waals surface area contributed by atoms with Crippen LogP contribution >= 0.6 is 0 Å². The molecule has 0 unspecified atom stereocenters. The molecule has 0 spiro atoms. The molecule has 3 rings (SSSR count). The van der Waals surface area contributed by atoms with Crippen molar-refractivity contribution in [2.75, 3.05) is 26.2 Å². The molecule has 0 atom stereocenters. The molecule has 110 valence electrons. The first-order chi connectivity index (χ1) is 9.86. The van der Waals surface area contributed by atoms with Gasteiger partial charge < -0.3 is 10.5 Å². The van der Waals surface area contributed by atoms with Gasteiger partial charge in [0.05, 0.1) is 6.10 Å². The number of fused-ring (bicyclic) bond motifs is 1. The van der Waals surface area contributed by atoms with E-state index < -0.39 is 0 Å². The normalized spacial score (nSPS) is 21.2. The highest BCUT2D eigenvalue weighted by molar-refractivity contribution is 5.33. The van der Waals surface area contributed by atoms with Gasteiger partial charge in [-0.1, -0.05) is 24.3 Å². The van der Waals surface area contributed by atoms with E-state index in [-0.39, 0.29) is 0 Å². The third-order valence-corrected chi connectivity index (χ3v) is 4.72. The molecule has 0 bridgehead atoms. The Morgan fingerprint density at radius 3 is 2.35 bits per heavy atom. The zero-order valence-electron chi connectivity index (χ0n) is 12.3. The Hall–Kier alpha value is -0.900. The second-order valence-electron chi connectivity index (χ2n) is 6.08. The van der Waals surface area contributed by atoms with Crippen LogP contribution in [0, 0.1) is 0 Å². The van der Waals surface area contributed by atoms with Crippen molar-refractivity contribution < 1.29 is 4.74 Å². The molecular formula is C17H26N2O. The number of nitrogens with zero attached hydrogens (tertiary/aromatic N) is 1. The maximum Gasteiger partial charge on any atom is 0.0599 e. The molecule has 2 N–H and O–H groups in total. The van der Waals surface area contributed by atoms with Gasteiger partial charge in [0.2, 0.25) is 0 Å². The predicted octanol–water partition coefficient (Wildman–Crippen LogP) is 1.98. The van der Waals surface area contributed by atoms with E-state index >= 15 is 0 Å². The van der Waals surface area contributed by atoms with Gasteiger partial charge in [0.25, 0.3) is 0 Å². The summed E-state index contributed by atoms with van der Waals surface area (Å²) < 4.78 is 5.89. The number of hydrogen-bond donors (Lipinski definition) is 1. The van der Waals surface area contributed by atoms with E-state index in [0.717, 1.165) is 25.6 Å². The van der Waals surface area contributed by atoms with E-state index in [4.69, 9.17) is 10.5 Å². The van der Waals surface area contributed by atoms with Crippen LogP contribution < -0.4 is 5.73 Å². The maximum atomic E-state index is 5.89. The zero-order valence-corrected chi connectivity index (χ0v) is 12.3. The summed E-state index contributed by atoms with van der Waals surface area (Å²) in [4.78, 5) is 2.67. The Bertz CT molecular complexity index is 402. The lowest BCUT2D eigenvalue weighted by molar-refractivity contribution is -0.00121. The van der Waals surface area contributed by atoms with Crippen molar-refractivity contribution in [2.45, 2.75) is 44.2 Å². The second-order valence-corrected chi connectivity index (χ2v) is 6.08. The van der Waals surface area contributed by atoms with Gasteiger partial charge in [0.1, 0.15) is 0 Å². The van der Waals surface area contributed by atoms with Crippen molar-refractivity contribution >= 4 is 0 Å². The van der Waals surface area contributed by atoms with Crippen LogP contribution in [0.25, 0.3) is 0 Å². The minimum atomic E-state index is 0.460.